The van der Waals surface area contributed by atoms with Crippen molar-refractivity contribution in [1.82, 2.24) is 10.6 Å². The number of hydrogen-bond donors (Lipinski definition) is 3. The van der Waals surface area contributed by atoms with Gasteiger partial charge in [-0.1, -0.05) is 22.9 Å². The number of carbonyl (C=O) groups excluding carboxylic acids is 1. The van der Waals surface area contributed by atoms with Gasteiger partial charge in [0.15, 0.2) is 0 Å². The van der Waals surface area contributed by atoms with Gasteiger partial charge in [0.2, 0.25) is 5.91 Å². The Morgan fingerprint density at radius 1 is 1.50 bits per heavy atom. The summed E-state index contributed by atoms with van der Waals surface area (Å²) in [5.74, 6) is 0.285. The van der Waals surface area contributed by atoms with Crippen LogP contribution in [0.15, 0.2) is 22.7 Å². The minimum atomic E-state index is 0.0100. The zero-order valence-electron chi connectivity index (χ0n) is 10.7. The Kier molecular flexibility index (Phi) is 6.15. The number of phenolic OH excluding ortho intramolecular Hbond substituents is 1. The lowest BCUT2D eigenvalue weighted by Gasteiger charge is -2.18. The molecule has 0 aromatic heterocycles. The summed E-state index contributed by atoms with van der Waals surface area (Å²) in [4.78, 5) is 11.1. The predicted octanol–water partition coefficient (Wildman–Crippen LogP) is 2.33. The number of phenols is 1. The molecule has 0 saturated heterocycles. The summed E-state index contributed by atoms with van der Waals surface area (Å²) in [5, 5.41) is 15.7. The van der Waals surface area contributed by atoms with Gasteiger partial charge in [-0.2, -0.15) is 0 Å². The van der Waals surface area contributed by atoms with Crippen LogP contribution in [-0.4, -0.2) is 24.6 Å². The van der Waals surface area contributed by atoms with E-state index >= 15 is 0 Å². The molecule has 0 aliphatic heterocycles. The zero-order chi connectivity index (χ0) is 13.5. The Bertz CT molecular complexity index is 410. The van der Waals surface area contributed by atoms with Gasteiger partial charge in [-0.3, -0.25) is 4.79 Å². The first-order chi connectivity index (χ1) is 8.58. The van der Waals surface area contributed by atoms with Crippen molar-refractivity contribution in [2.24, 2.45) is 0 Å². The monoisotopic (exact) mass is 314 g/mol. The van der Waals surface area contributed by atoms with Crippen molar-refractivity contribution in [2.45, 2.75) is 25.8 Å². The summed E-state index contributed by atoms with van der Waals surface area (Å²) >= 11 is 3.39. The van der Waals surface area contributed by atoms with Gasteiger partial charge in [0.05, 0.1) is 0 Å². The summed E-state index contributed by atoms with van der Waals surface area (Å²) in [6.07, 6.45) is 1.28. The van der Waals surface area contributed by atoms with Gasteiger partial charge in [-0.05, 0) is 24.6 Å². The van der Waals surface area contributed by atoms with Crippen molar-refractivity contribution in [1.29, 1.82) is 0 Å². The van der Waals surface area contributed by atoms with Crippen LogP contribution in [0, 0.1) is 0 Å². The van der Waals surface area contributed by atoms with Crippen molar-refractivity contribution in [3.05, 3.63) is 28.2 Å². The van der Waals surface area contributed by atoms with Gasteiger partial charge in [0.1, 0.15) is 5.75 Å². The van der Waals surface area contributed by atoms with Crippen molar-refractivity contribution >= 4 is 21.8 Å². The Hall–Kier alpha value is -1.07. The maximum Gasteiger partial charge on any atom is 0.221 e. The number of nitrogens with one attached hydrogen (secondary N) is 2. The van der Waals surface area contributed by atoms with Crippen molar-refractivity contribution in [3.63, 3.8) is 0 Å². The van der Waals surface area contributed by atoms with Gasteiger partial charge >= 0.3 is 0 Å². The molecule has 0 fully saturated rings. The van der Waals surface area contributed by atoms with Crippen molar-refractivity contribution in [3.8, 4) is 5.75 Å². The van der Waals surface area contributed by atoms with Crippen LogP contribution in [0.25, 0.3) is 0 Å². The molecular formula is C13H19BrN2O2. The van der Waals surface area contributed by atoms with Crippen LogP contribution in [0.4, 0.5) is 0 Å². The largest absolute Gasteiger partial charge is 0.508 e. The molecule has 1 aromatic rings. The minimum Gasteiger partial charge on any atom is -0.508 e. The van der Waals surface area contributed by atoms with E-state index in [0.717, 1.165) is 16.5 Å². The van der Waals surface area contributed by atoms with Gasteiger partial charge in [0.25, 0.3) is 0 Å². The second-order valence-corrected chi connectivity index (χ2v) is 4.96. The summed E-state index contributed by atoms with van der Waals surface area (Å²) in [6, 6.07) is 5.42. The Labute approximate surface area is 116 Å². The van der Waals surface area contributed by atoms with E-state index in [0.29, 0.717) is 13.0 Å². The molecular weight excluding hydrogens is 296 g/mol. The standard InChI is InChI=1S/C13H19BrN2O2/c1-3-11(16-7-6-13(18)15-2)10-8-9(14)4-5-12(10)17/h4-5,8,11,16-17H,3,6-7H2,1-2H3,(H,15,18). The van der Waals surface area contributed by atoms with Crippen LogP contribution >= 0.6 is 15.9 Å². The first kappa shape index (κ1) is 15.0. The predicted molar refractivity (Wildman–Crippen MR) is 75.5 cm³/mol. The number of rotatable bonds is 6. The molecule has 18 heavy (non-hydrogen) atoms. The van der Waals surface area contributed by atoms with Crippen molar-refractivity contribution in [2.75, 3.05) is 13.6 Å². The average Bonchev–Trinajstić information content (AvgIpc) is 2.37. The summed E-state index contributed by atoms with van der Waals surface area (Å²) in [6.45, 7) is 2.63. The molecule has 0 spiro atoms. The number of aromatic hydroxyl groups is 1. The molecule has 3 N–H and O–H groups in total. The van der Waals surface area contributed by atoms with Crippen LogP contribution < -0.4 is 10.6 Å². The maximum absolute atomic E-state index is 11.1. The lowest BCUT2D eigenvalue weighted by Crippen LogP contribution is -2.27. The molecule has 100 valence electrons. The molecule has 0 bridgehead atoms. The number of amides is 1. The molecule has 5 heteroatoms. The van der Waals surface area contributed by atoms with E-state index in [-0.39, 0.29) is 17.7 Å². The fraction of sp³-hybridized carbons (Fsp3) is 0.462. The highest BCUT2D eigenvalue weighted by Crippen LogP contribution is 2.29. The molecule has 0 radical (unpaired) electrons. The van der Waals surface area contributed by atoms with Crippen molar-refractivity contribution < 1.29 is 9.90 Å². The second-order valence-electron chi connectivity index (χ2n) is 4.04. The number of carbonyl (C=O) groups is 1. The minimum absolute atomic E-state index is 0.0100. The fourth-order valence-electron chi connectivity index (χ4n) is 1.76. The van der Waals surface area contributed by atoms with Crippen LogP contribution in [-0.2, 0) is 4.79 Å². The van der Waals surface area contributed by atoms with E-state index in [9.17, 15) is 9.90 Å². The third kappa shape index (κ3) is 4.31. The van der Waals surface area contributed by atoms with E-state index in [4.69, 9.17) is 0 Å². The molecule has 0 aliphatic rings. The molecule has 0 saturated carbocycles. The molecule has 0 aliphatic carbocycles. The number of hydrogen-bond acceptors (Lipinski definition) is 3. The molecule has 1 amide bonds. The van der Waals surface area contributed by atoms with E-state index in [1.165, 1.54) is 0 Å². The highest BCUT2D eigenvalue weighted by molar-refractivity contribution is 9.10. The Balaban J connectivity index is 2.65. The SMILES string of the molecule is CCC(NCCC(=O)NC)c1cc(Br)ccc1O. The third-order valence-electron chi connectivity index (χ3n) is 2.79. The molecule has 4 nitrogen and oxygen atoms in total. The van der Waals surface area contributed by atoms with Crippen LogP contribution in [0.3, 0.4) is 0 Å². The fourth-order valence-corrected chi connectivity index (χ4v) is 2.14. The summed E-state index contributed by atoms with van der Waals surface area (Å²) in [5.41, 5.74) is 0.851. The van der Waals surface area contributed by atoms with Gasteiger partial charge in [0, 0.05) is 36.1 Å². The van der Waals surface area contributed by atoms with E-state index in [1.54, 1.807) is 19.2 Å². The lowest BCUT2D eigenvalue weighted by atomic mass is 10.0. The van der Waals surface area contributed by atoms with E-state index in [2.05, 4.69) is 26.6 Å². The Morgan fingerprint density at radius 2 is 2.22 bits per heavy atom. The zero-order valence-corrected chi connectivity index (χ0v) is 12.3. The van der Waals surface area contributed by atoms with Crippen LogP contribution in [0.1, 0.15) is 31.4 Å². The number of halogens is 1. The van der Waals surface area contributed by atoms with Crippen LogP contribution in [0.5, 0.6) is 5.75 Å². The smallest absolute Gasteiger partial charge is 0.221 e. The molecule has 1 rings (SSSR count). The topological polar surface area (TPSA) is 61.4 Å². The number of benzene rings is 1. The Morgan fingerprint density at radius 3 is 2.83 bits per heavy atom. The lowest BCUT2D eigenvalue weighted by molar-refractivity contribution is -0.120. The highest BCUT2D eigenvalue weighted by atomic mass is 79.9. The van der Waals surface area contributed by atoms with E-state index in [1.807, 2.05) is 13.0 Å². The van der Waals surface area contributed by atoms with Gasteiger partial charge in [-0.15, -0.1) is 0 Å². The molecule has 0 heterocycles. The first-order valence-electron chi connectivity index (χ1n) is 6.00. The molecule has 1 unspecified atom stereocenters. The second kappa shape index (κ2) is 7.38. The van der Waals surface area contributed by atoms with Gasteiger partial charge in [-0.25, -0.2) is 0 Å². The first-order valence-corrected chi connectivity index (χ1v) is 6.80. The quantitative estimate of drug-likeness (QED) is 0.755. The normalized spacial score (nSPS) is 12.2. The summed E-state index contributed by atoms with van der Waals surface area (Å²) < 4.78 is 0.932. The maximum atomic E-state index is 11.1. The summed E-state index contributed by atoms with van der Waals surface area (Å²) in [7, 11) is 1.62. The highest BCUT2D eigenvalue weighted by Gasteiger charge is 2.13. The van der Waals surface area contributed by atoms with Gasteiger partial charge < -0.3 is 15.7 Å². The average molecular weight is 315 g/mol. The molecule has 1 atom stereocenters. The van der Waals surface area contributed by atoms with E-state index < -0.39 is 0 Å². The third-order valence-corrected chi connectivity index (χ3v) is 3.29. The molecule has 1 aromatic carbocycles. The van der Waals surface area contributed by atoms with Crippen LogP contribution in [0.2, 0.25) is 0 Å².